The lowest BCUT2D eigenvalue weighted by atomic mass is 9.97. The summed E-state index contributed by atoms with van der Waals surface area (Å²) < 4.78 is 11.6. The number of nitrogens with zero attached hydrogens (tertiary/aromatic N) is 3. The molecule has 3 rings (SSSR count). The minimum Gasteiger partial charge on any atom is -0.464 e. The van der Waals surface area contributed by atoms with Crippen molar-refractivity contribution in [1.82, 2.24) is 14.7 Å². The minimum absolute atomic E-state index is 0.0196. The van der Waals surface area contributed by atoms with E-state index in [0.717, 1.165) is 37.8 Å². The molecule has 0 radical (unpaired) electrons. The number of hydrogen-bond acceptors (Lipinski definition) is 5. The van der Waals surface area contributed by atoms with Gasteiger partial charge in [0.1, 0.15) is 0 Å². The fourth-order valence-electron chi connectivity index (χ4n) is 3.80. The number of aromatic nitrogens is 2. The predicted molar refractivity (Wildman–Crippen MR) is 105 cm³/mol. The van der Waals surface area contributed by atoms with Crippen LogP contribution in [0.2, 0.25) is 0 Å². The Morgan fingerprint density at radius 2 is 2.07 bits per heavy atom. The van der Waals surface area contributed by atoms with Crippen molar-refractivity contribution in [2.75, 3.05) is 27.4 Å². The molecule has 0 saturated carbocycles. The summed E-state index contributed by atoms with van der Waals surface area (Å²) in [5.74, 6) is -0.437. The smallest absolute Gasteiger partial charge is 0.356 e. The van der Waals surface area contributed by atoms with Crippen LogP contribution >= 0.6 is 0 Å². The normalized spacial score (nSPS) is 16.8. The second-order valence-corrected chi connectivity index (χ2v) is 7.03. The third-order valence-corrected chi connectivity index (χ3v) is 5.28. The molecule has 0 spiro atoms. The monoisotopic (exact) mass is 385 g/mol. The number of hydrogen-bond donors (Lipinski definition) is 0. The van der Waals surface area contributed by atoms with Gasteiger partial charge in [0.15, 0.2) is 5.69 Å². The van der Waals surface area contributed by atoms with E-state index in [1.165, 1.54) is 11.8 Å². The quantitative estimate of drug-likeness (QED) is 0.715. The van der Waals surface area contributed by atoms with Crippen LogP contribution in [0.1, 0.15) is 46.5 Å². The van der Waals surface area contributed by atoms with Crippen LogP contribution < -0.4 is 0 Å². The van der Waals surface area contributed by atoms with Crippen molar-refractivity contribution in [1.29, 1.82) is 0 Å². The lowest BCUT2D eigenvalue weighted by Gasteiger charge is -2.36. The standard InChI is InChI=1S/C21H27N3O4/c1-23-19(21(26)28-3)18(14-22-23)15-7-6-8-16(13-15)20(25)24-11-5-4-9-17(24)10-12-27-2/h6-8,13-14,17H,4-5,9-12H2,1-3H3/t17-/m1/s1. The van der Waals surface area contributed by atoms with E-state index in [2.05, 4.69) is 5.10 Å². The Kier molecular flexibility index (Phi) is 6.46. The average Bonchev–Trinajstić information content (AvgIpc) is 3.13. The summed E-state index contributed by atoms with van der Waals surface area (Å²) in [5, 5.41) is 4.18. The first kappa shape index (κ1) is 20.1. The molecule has 1 aromatic carbocycles. The van der Waals surface area contributed by atoms with E-state index < -0.39 is 5.97 Å². The van der Waals surface area contributed by atoms with Gasteiger partial charge < -0.3 is 14.4 Å². The first-order valence-electron chi connectivity index (χ1n) is 9.57. The number of rotatable bonds is 6. The van der Waals surface area contributed by atoms with Gasteiger partial charge >= 0.3 is 5.97 Å². The number of carbonyl (C=O) groups excluding carboxylic acids is 2. The molecule has 1 saturated heterocycles. The Labute approximate surface area is 165 Å². The molecule has 1 aromatic heterocycles. The summed E-state index contributed by atoms with van der Waals surface area (Å²) in [4.78, 5) is 27.3. The van der Waals surface area contributed by atoms with E-state index in [0.29, 0.717) is 23.4 Å². The zero-order valence-electron chi connectivity index (χ0n) is 16.7. The highest BCUT2D eigenvalue weighted by Gasteiger charge is 2.27. The van der Waals surface area contributed by atoms with Crippen molar-refractivity contribution in [3.05, 3.63) is 41.7 Å². The lowest BCUT2D eigenvalue weighted by molar-refractivity contribution is 0.0551. The summed E-state index contributed by atoms with van der Waals surface area (Å²) in [6, 6.07) is 7.56. The van der Waals surface area contributed by atoms with Gasteiger partial charge in [-0.05, 0) is 43.4 Å². The summed E-state index contributed by atoms with van der Waals surface area (Å²) in [5.41, 5.74) is 2.40. The SMILES string of the molecule is COCC[C@H]1CCCCN1C(=O)c1cccc(-c2cnn(C)c2C(=O)OC)c1. The Bertz CT molecular complexity index is 846. The van der Waals surface area contributed by atoms with Crippen molar-refractivity contribution >= 4 is 11.9 Å². The van der Waals surface area contributed by atoms with Crippen LogP contribution in [0.3, 0.4) is 0 Å². The van der Waals surface area contributed by atoms with Crippen molar-refractivity contribution in [2.45, 2.75) is 31.7 Å². The maximum absolute atomic E-state index is 13.2. The Morgan fingerprint density at radius 3 is 2.82 bits per heavy atom. The Hall–Kier alpha value is -2.67. The molecule has 0 N–H and O–H groups in total. The van der Waals surface area contributed by atoms with Crippen LogP contribution in [0.25, 0.3) is 11.1 Å². The van der Waals surface area contributed by atoms with Gasteiger partial charge in [0, 0.05) is 44.5 Å². The fourth-order valence-corrected chi connectivity index (χ4v) is 3.80. The molecule has 2 heterocycles. The molecule has 0 bridgehead atoms. The molecule has 1 amide bonds. The zero-order valence-corrected chi connectivity index (χ0v) is 16.7. The van der Waals surface area contributed by atoms with Crippen LogP contribution in [-0.4, -0.2) is 60.0 Å². The van der Waals surface area contributed by atoms with E-state index in [-0.39, 0.29) is 11.9 Å². The van der Waals surface area contributed by atoms with E-state index in [4.69, 9.17) is 9.47 Å². The summed E-state index contributed by atoms with van der Waals surface area (Å²) in [7, 11) is 4.72. The highest BCUT2D eigenvalue weighted by molar-refractivity contribution is 5.98. The number of likely N-dealkylation sites (tertiary alicyclic amines) is 1. The van der Waals surface area contributed by atoms with E-state index >= 15 is 0 Å². The van der Waals surface area contributed by atoms with Crippen LogP contribution in [-0.2, 0) is 16.5 Å². The number of methoxy groups -OCH3 is 2. The molecule has 1 fully saturated rings. The maximum Gasteiger partial charge on any atom is 0.356 e. The maximum atomic E-state index is 13.2. The van der Waals surface area contributed by atoms with E-state index in [1.54, 1.807) is 20.4 Å². The average molecular weight is 385 g/mol. The Balaban J connectivity index is 1.89. The van der Waals surface area contributed by atoms with Gasteiger partial charge in [0.25, 0.3) is 5.91 Å². The second kappa shape index (κ2) is 9.01. The first-order chi connectivity index (χ1) is 13.6. The van der Waals surface area contributed by atoms with Gasteiger partial charge in [-0.3, -0.25) is 9.48 Å². The van der Waals surface area contributed by atoms with E-state index in [1.807, 2.05) is 29.2 Å². The molecule has 2 aromatic rings. The fraction of sp³-hybridized carbons (Fsp3) is 0.476. The molecular formula is C21H27N3O4. The predicted octanol–water partition coefficient (Wildman–Crippen LogP) is 2.90. The molecule has 1 atom stereocenters. The van der Waals surface area contributed by atoms with Crippen molar-refractivity contribution in [2.24, 2.45) is 7.05 Å². The van der Waals surface area contributed by atoms with Gasteiger partial charge in [0.05, 0.1) is 13.3 Å². The van der Waals surface area contributed by atoms with Gasteiger partial charge in [-0.25, -0.2) is 4.79 Å². The molecular weight excluding hydrogens is 358 g/mol. The van der Waals surface area contributed by atoms with Crippen LogP contribution in [0, 0.1) is 0 Å². The molecule has 1 aliphatic heterocycles. The van der Waals surface area contributed by atoms with Gasteiger partial charge in [-0.2, -0.15) is 5.10 Å². The number of amides is 1. The molecule has 1 aliphatic rings. The van der Waals surface area contributed by atoms with E-state index in [9.17, 15) is 9.59 Å². The summed E-state index contributed by atoms with van der Waals surface area (Å²) >= 11 is 0. The third-order valence-electron chi connectivity index (χ3n) is 5.28. The third kappa shape index (κ3) is 4.09. The van der Waals surface area contributed by atoms with Crippen molar-refractivity contribution in [3.63, 3.8) is 0 Å². The number of benzene rings is 1. The molecule has 0 unspecified atom stereocenters. The first-order valence-corrected chi connectivity index (χ1v) is 9.57. The Morgan fingerprint density at radius 1 is 1.25 bits per heavy atom. The highest BCUT2D eigenvalue weighted by Crippen LogP contribution is 2.27. The molecule has 7 nitrogen and oxygen atoms in total. The van der Waals surface area contributed by atoms with Gasteiger partial charge in [0.2, 0.25) is 0 Å². The van der Waals surface area contributed by atoms with Crippen molar-refractivity contribution < 1.29 is 19.1 Å². The molecule has 0 aliphatic carbocycles. The minimum atomic E-state index is -0.456. The van der Waals surface area contributed by atoms with Crippen molar-refractivity contribution in [3.8, 4) is 11.1 Å². The number of aryl methyl sites for hydroxylation is 1. The number of esters is 1. The van der Waals surface area contributed by atoms with Crippen LogP contribution in [0.5, 0.6) is 0 Å². The zero-order chi connectivity index (χ0) is 20.1. The van der Waals surface area contributed by atoms with Crippen LogP contribution in [0.4, 0.5) is 0 Å². The number of carbonyl (C=O) groups is 2. The van der Waals surface area contributed by atoms with Crippen LogP contribution in [0.15, 0.2) is 30.5 Å². The number of ether oxygens (including phenoxy) is 2. The van der Waals surface area contributed by atoms with Gasteiger partial charge in [-0.15, -0.1) is 0 Å². The lowest BCUT2D eigenvalue weighted by Crippen LogP contribution is -2.44. The molecule has 28 heavy (non-hydrogen) atoms. The molecule has 7 heteroatoms. The number of piperidine rings is 1. The highest BCUT2D eigenvalue weighted by atomic mass is 16.5. The summed E-state index contributed by atoms with van der Waals surface area (Å²) in [6.07, 6.45) is 5.62. The second-order valence-electron chi connectivity index (χ2n) is 7.03. The molecule has 150 valence electrons. The largest absolute Gasteiger partial charge is 0.464 e. The topological polar surface area (TPSA) is 73.7 Å². The van der Waals surface area contributed by atoms with Gasteiger partial charge in [-0.1, -0.05) is 12.1 Å². The summed E-state index contributed by atoms with van der Waals surface area (Å²) in [6.45, 7) is 1.41.